The van der Waals surface area contributed by atoms with Crippen LogP contribution >= 0.6 is 0 Å². The number of carbonyl (C=O) groups excluding carboxylic acids is 1. The Morgan fingerprint density at radius 2 is 2.09 bits per heavy atom. The Morgan fingerprint density at radius 1 is 1.33 bits per heavy atom. The Bertz CT molecular complexity index is 1200. The molecule has 1 fully saturated rings. The Balaban J connectivity index is 1.73. The highest BCUT2D eigenvalue weighted by molar-refractivity contribution is 7.92. The number of sulfonamides is 1. The van der Waals surface area contributed by atoms with Crippen molar-refractivity contribution in [3.63, 3.8) is 0 Å². The van der Waals surface area contributed by atoms with E-state index in [0.717, 1.165) is 4.57 Å². The summed E-state index contributed by atoms with van der Waals surface area (Å²) < 4.78 is 33.7. The largest absolute Gasteiger partial charge is 0.497 e. The van der Waals surface area contributed by atoms with Crippen molar-refractivity contribution in [2.24, 2.45) is 5.73 Å². The van der Waals surface area contributed by atoms with Gasteiger partial charge in [0.05, 0.1) is 18.0 Å². The average molecular weight is 479 g/mol. The smallest absolute Gasteiger partial charge is 0.275 e. The van der Waals surface area contributed by atoms with Gasteiger partial charge in [0, 0.05) is 18.8 Å². The SMILES string of the molecule is COc1cccc(S(=O)(=O)Nc2cccn(CC(=O)N[C@H]3CCCN(C(=N)N)[C@@H]3O)c2=O)c1. The van der Waals surface area contributed by atoms with Crippen LogP contribution in [0.1, 0.15) is 12.8 Å². The molecule has 0 radical (unpaired) electrons. The van der Waals surface area contributed by atoms with Gasteiger partial charge >= 0.3 is 0 Å². The van der Waals surface area contributed by atoms with Crippen molar-refractivity contribution in [3.05, 3.63) is 52.9 Å². The van der Waals surface area contributed by atoms with Gasteiger partial charge in [-0.25, -0.2) is 8.42 Å². The summed E-state index contributed by atoms with van der Waals surface area (Å²) in [5, 5.41) is 20.5. The second-order valence-electron chi connectivity index (χ2n) is 7.45. The van der Waals surface area contributed by atoms with Crippen molar-refractivity contribution in [1.82, 2.24) is 14.8 Å². The van der Waals surface area contributed by atoms with Crippen LogP contribution in [0.5, 0.6) is 5.75 Å². The van der Waals surface area contributed by atoms with E-state index in [4.69, 9.17) is 15.9 Å². The van der Waals surface area contributed by atoms with E-state index < -0.39 is 40.3 Å². The van der Waals surface area contributed by atoms with Gasteiger partial charge in [-0.05, 0) is 37.1 Å². The molecule has 0 aliphatic carbocycles. The van der Waals surface area contributed by atoms with Gasteiger partial charge in [0.25, 0.3) is 15.6 Å². The van der Waals surface area contributed by atoms with Crippen LogP contribution in [0.2, 0.25) is 0 Å². The van der Waals surface area contributed by atoms with Crippen LogP contribution in [0, 0.1) is 5.41 Å². The molecule has 3 rings (SSSR count). The number of amides is 1. The predicted octanol–water partition coefficient (Wildman–Crippen LogP) is -0.550. The number of carbonyl (C=O) groups is 1. The van der Waals surface area contributed by atoms with Crippen LogP contribution in [-0.4, -0.2) is 60.8 Å². The lowest BCUT2D eigenvalue weighted by Gasteiger charge is -2.38. The van der Waals surface area contributed by atoms with Crippen LogP contribution in [0.25, 0.3) is 0 Å². The number of aliphatic hydroxyl groups is 1. The molecule has 2 heterocycles. The van der Waals surface area contributed by atoms with E-state index in [1.165, 1.54) is 48.5 Å². The highest BCUT2D eigenvalue weighted by atomic mass is 32.2. The lowest BCUT2D eigenvalue weighted by atomic mass is 10.0. The van der Waals surface area contributed by atoms with Crippen LogP contribution < -0.4 is 26.1 Å². The number of likely N-dealkylation sites (tertiary alicyclic amines) is 1. The van der Waals surface area contributed by atoms with Crippen molar-refractivity contribution in [1.29, 1.82) is 5.41 Å². The summed E-state index contributed by atoms with van der Waals surface area (Å²) >= 11 is 0. The van der Waals surface area contributed by atoms with Crippen molar-refractivity contribution < 1.29 is 23.1 Å². The van der Waals surface area contributed by atoms with E-state index >= 15 is 0 Å². The molecule has 178 valence electrons. The van der Waals surface area contributed by atoms with Crippen molar-refractivity contribution in [3.8, 4) is 5.75 Å². The lowest BCUT2D eigenvalue weighted by Crippen LogP contribution is -2.58. The maximum atomic E-state index is 12.8. The fourth-order valence-electron chi connectivity index (χ4n) is 3.51. The first-order valence-electron chi connectivity index (χ1n) is 10.1. The Morgan fingerprint density at radius 3 is 2.79 bits per heavy atom. The van der Waals surface area contributed by atoms with E-state index in [1.54, 1.807) is 6.07 Å². The number of aromatic nitrogens is 1. The van der Waals surface area contributed by atoms with E-state index in [2.05, 4.69) is 10.0 Å². The molecule has 2 atom stereocenters. The van der Waals surface area contributed by atoms with Gasteiger partial charge in [0.15, 0.2) is 5.96 Å². The summed E-state index contributed by atoms with van der Waals surface area (Å²) in [5.74, 6) is -0.513. The minimum absolute atomic E-state index is 0.0873. The van der Waals surface area contributed by atoms with Gasteiger partial charge in [-0.3, -0.25) is 19.7 Å². The number of aliphatic hydroxyl groups excluding tert-OH is 1. The molecule has 1 aliphatic heterocycles. The standard InChI is InChI=1S/C20H26N6O6S/c1-32-13-5-2-6-14(11-13)33(30,31)24-16-8-3-9-25(18(16)28)12-17(27)23-15-7-4-10-26(19(15)29)20(21)22/h2-3,5-6,8-9,11,15,19,24,29H,4,7,10,12H2,1H3,(H3,21,22)(H,23,27)/t15-,19+/m0/s1. The third-order valence-electron chi connectivity index (χ3n) is 5.18. The zero-order valence-corrected chi connectivity index (χ0v) is 18.7. The third-order valence-corrected chi connectivity index (χ3v) is 6.54. The molecule has 13 heteroatoms. The second-order valence-corrected chi connectivity index (χ2v) is 9.13. The molecule has 0 unspecified atom stereocenters. The summed E-state index contributed by atoms with van der Waals surface area (Å²) in [5.41, 5.74) is 4.51. The van der Waals surface area contributed by atoms with Gasteiger partial charge in [-0.1, -0.05) is 6.07 Å². The molecule has 33 heavy (non-hydrogen) atoms. The fraction of sp³-hybridized carbons (Fsp3) is 0.350. The van der Waals surface area contributed by atoms with Gasteiger partial charge in [0.1, 0.15) is 24.2 Å². The van der Waals surface area contributed by atoms with Crippen LogP contribution in [0.15, 0.2) is 52.3 Å². The summed E-state index contributed by atoms with van der Waals surface area (Å²) in [6.45, 7) is 0.00859. The normalized spacial score (nSPS) is 18.4. The van der Waals surface area contributed by atoms with Crippen LogP contribution in [-0.2, 0) is 21.4 Å². The number of nitrogens with two attached hydrogens (primary N) is 1. The fourth-order valence-corrected chi connectivity index (χ4v) is 4.60. The molecule has 6 N–H and O–H groups in total. The van der Waals surface area contributed by atoms with E-state index in [0.29, 0.717) is 25.1 Å². The number of pyridine rings is 1. The van der Waals surface area contributed by atoms with Gasteiger partial charge in [0.2, 0.25) is 5.91 Å². The molecule has 0 bridgehead atoms. The number of guanidine groups is 1. The van der Waals surface area contributed by atoms with Gasteiger partial charge < -0.3 is 30.4 Å². The minimum atomic E-state index is -4.07. The summed E-state index contributed by atoms with van der Waals surface area (Å²) in [7, 11) is -2.67. The Labute approximate surface area is 190 Å². The van der Waals surface area contributed by atoms with Gasteiger partial charge in [-0.15, -0.1) is 0 Å². The number of benzene rings is 1. The molecule has 1 aromatic carbocycles. The number of methoxy groups -OCH3 is 1. The highest BCUT2D eigenvalue weighted by Gasteiger charge is 2.31. The number of nitrogens with one attached hydrogen (secondary N) is 3. The van der Waals surface area contributed by atoms with Gasteiger partial charge in [-0.2, -0.15) is 0 Å². The molecular formula is C20H26N6O6S. The Hall–Kier alpha value is -3.58. The van der Waals surface area contributed by atoms with Crippen LogP contribution in [0.4, 0.5) is 5.69 Å². The molecule has 1 aliphatic rings. The molecule has 1 aromatic heterocycles. The summed E-state index contributed by atoms with van der Waals surface area (Å²) in [6, 6.07) is 7.84. The quantitative estimate of drug-likeness (QED) is 0.260. The third kappa shape index (κ3) is 5.62. The highest BCUT2D eigenvalue weighted by Crippen LogP contribution is 2.19. The van der Waals surface area contributed by atoms with Crippen molar-refractivity contribution >= 4 is 27.6 Å². The first-order valence-corrected chi connectivity index (χ1v) is 11.5. The van der Waals surface area contributed by atoms with E-state index in [1.807, 2.05) is 0 Å². The summed E-state index contributed by atoms with van der Waals surface area (Å²) in [4.78, 5) is 26.5. The maximum absolute atomic E-state index is 12.8. The molecule has 1 amide bonds. The number of hydrogen-bond donors (Lipinski definition) is 5. The molecule has 12 nitrogen and oxygen atoms in total. The number of rotatable bonds is 7. The number of anilines is 1. The molecular weight excluding hydrogens is 452 g/mol. The maximum Gasteiger partial charge on any atom is 0.275 e. The van der Waals surface area contributed by atoms with Crippen molar-refractivity contribution in [2.45, 2.75) is 36.6 Å². The van der Waals surface area contributed by atoms with Crippen LogP contribution in [0.3, 0.4) is 0 Å². The first-order chi connectivity index (χ1) is 15.6. The monoisotopic (exact) mass is 478 g/mol. The summed E-state index contributed by atoms with van der Waals surface area (Å²) in [6.07, 6.45) is 1.29. The number of hydrogen-bond acceptors (Lipinski definition) is 7. The Kier molecular flexibility index (Phi) is 7.23. The zero-order chi connectivity index (χ0) is 24.2. The number of ether oxygens (including phenoxy) is 1. The van der Waals surface area contributed by atoms with Crippen molar-refractivity contribution in [2.75, 3.05) is 18.4 Å². The first kappa shape index (κ1) is 24.1. The molecule has 0 spiro atoms. The number of nitrogens with zero attached hydrogens (tertiary/aromatic N) is 2. The lowest BCUT2D eigenvalue weighted by molar-refractivity contribution is -0.125. The number of piperidine rings is 1. The van der Waals surface area contributed by atoms with E-state index in [-0.39, 0.29) is 16.5 Å². The predicted molar refractivity (Wildman–Crippen MR) is 120 cm³/mol. The molecule has 0 saturated carbocycles. The topological polar surface area (TPSA) is 180 Å². The molecule has 2 aromatic rings. The zero-order valence-electron chi connectivity index (χ0n) is 17.9. The van der Waals surface area contributed by atoms with E-state index in [9.17, 15) is 23.1 Å². The minimum Gasteiger partial charge on any atom is -0.497 e. The second kappa shape index (κ2) is 9.92. The molecule has 1 saturated heterocycles. The average Bonchev–Trinajstić information content (AvgIpc) is 2.77.